The number of furan rings is 1. The second-order valence-corrected chi connectivity index (χ2v) is 7.48. The van der Waals surface area contributed by atoms with Crippen molar-refractivity contribution in [1.82, 2.24) is 9.80 Å². The summed E-state index contributed by atoms with van der Waals surface area (Å²) in [4.78, 5) is 16.7. The van der Waals surface area contributed by atoms with E-state index in [1.165, 1.54) is 12.0 Å². The molecule has 2 aliphatic rings. The fraction of sp³-hybridized carbons (Fsp3) is 0.409. The van der Waals surface area contributed by atoms with Crippen LogP contribution < -0.4 is 0 Å². The van der Waals surface area contributed by atoms with Crippen LogP contribution >= 0.6 is 0 Å². The first-order chi connectivity index (χ1) is 12.7. The van der Waals surface area contributed by atoms with E-state index in [-0.39, 0.29) is 5.91 Å². The number of piperazine rings is 1. The van der Waals surface area contributed by atoms with Crippen LogP contribution in [0.3, 0.4) is 0 Å². The Hall–Kier alpha value is -2.33. The topological polar surface area (TPSA) is 36.7 Å². The van der Waals surface area contributed by atoms with Crippen molar-refractivity contribution in [1.29, 1.82) is 0 Å². The zero-order valence-corrected chi connectivity index (χ0v) is 15.3. The van der Waals surface area contributed by atoms with Crippen molar-refractivity contribution in [3.05, 3.63) is 65.6 Å². The van der Waals surface area contributed by atoms with E-state index in [0.29, 0.717) is 5.92 Å². The summed E-state index contributed by atoms with van der Waals surface area (Å²) in [6.07, 6.45) is 4.66. The predicted octanol–water partition coefficient (Wildman–Crippen LogP) is 3.76. The van der Waals surface area contributed by atoms with Gasteiger partial charge in [0.25, 0.3) is 0 Å². The molecule has 1 aliphatic carbocycles. The first-order valence-corrected chi connectivity index (χ1v) is 9.52. The van der Waals surface area contributed by atoms with E-state index in [4.69, 9.17) is 4.42 Å². The smallest absolute Gasteiger partial charge is 0.246 e. The van der Waals surface area contributed by atoms with Gasteiger partial charge in [-0.3, -0.25) is 9.69 Å². The van der Waals surface area contributed by atoms with Gasteiger partial charge in [-0.15, -0.1) is 0 Å². The van der Waals surface area contributed by atoms with Crippen molar-refractivity contribution in [3.63, 3.8) is 0 Å². The molecule has 0 spiro atoms. The first kappa shape index (κ1) is 17.1. The van der Waals surface area contributed by atoms with Crippen molar-refractivity contribution in [2.45, 2.75) is 25.8 Å². The summed E-state index contributed by atoms with van der Waals surface area (Å²) < 4.78 is 5.83. The summed E-state index contributed by atoms with van der Waals surface area (Å²) in [6, 6.07) is 14.5. The van der Waals surface area contributed by atoms with Gasteiger partial charge in [0.15, 0.2) is 0 Å². The van der Waals surface area contributed by atoms with Crippen LogP contribution in [0.1, 0.15) is 36.3 Å². The van der Waals surface area contributed by atoms with E-state index in [1.807, 2.05) is 23.1 Å². The third-order valence-electron chi connectivity index (χ3n) is 5.45. The molecule has 0 bridgehead atoms. The maximum absolute atomic E-state index is 12.4. The summed E-state index contributed by atoms with van der Waals surface area (Å²) in [5.41, 5.74) is 1.32. The second-order valence-electron chi connectivity index (χ2n) is 7.48. The van der Waals surface area contributed by atoms with Crippen molar-refractivity contribution >= 4 is 12.0 Å². The van der Waals surface area contributed by atoms with E-state index in [9.17, 15) is 4.79 Å². The monoisotopic (exact) mass is 350 g/mol. The van der Waals surface area contributed by atoms with Gasteiger partial charge >= 0.3 is 0 Å². The molecule has 4 nitrogen and oxygen atoms in total. The highest BCUT2D eigenvalue weighted by atomic mass is 16.3. The van der Waals surface area contributed by atoms with Gasteiger partial charge in [-0.05, 0) is 36.1 Å². The lowest BCUT2D eigenvalue weighted by Gasteiger charge is -2.34. The molecule has 2 atom stereocenters. The highest BCUT2D eigenvalue weighted by Gasteiger charge is 2.36. The molecule has 1 aromatic heterocycles. The summed E-state index contributed by atoms with van der Waals surface area (Å²) >= 11 is 0. The fourth-order valence-corrected chi connectivity index (χ4v) is 3.60. The average molecular weight is 350 g/mol. The van der Waals surface area contributed by atoms with Gasteiger partial charge < -0.3 is 9.32 Å². The Morgan fingerprint density at radius 1 is 1.12 bits per heavy atom. The molecular weight excluding hydrogens is 324 g/mol. The number of hydrogen-bond donors (Lipinski definition) is 0. The molecule has 1 saturated heterocycles. The Labute approximate surface area is 155 Å². The molecule has 0 N–H and O–H groups in total. The molecular formula is C22H26N2O2. The van der Waals surface area contributed by atoms with Crippen molar-refractivity contribution in [2.24, 2.45) is 5.92 Å². The van der Waals surface area contributed by atoms with E-state index in [1.54, 1.807) is 12.2 Å². The summed E-state index contributed by atoms with van der Waals surface area (Å²) in [6.45, 7) is 6.58. The van der Waals surface area contributed by atoms with Crippen LogP contribution in [-0.2, 0) is 11.3 Å². The number of hydrogen-bond acceptors (Lipinski definition) is 3. The van der Waals surface area contributed by atoms with Crippen LogP contribution in [0.4, 0.5) is 0 Å². The van der Waals surface area contributed by atoms with Gasteiger partial charge in [0.1, 0.15) is 11.5 Å². The molecule has 0 radical (unpaired) electrons. The van der Waals surface area contributed by atoms with Gasteiger partial charge in [0, 0.05) is 44.7 Å². The van der Waals surface area contributed by atoms with E-state index in [2.05, 4.69) is 36.1 Å². The van der Waals surface area contributed by atoms with Crippen LogP contribution in [0, 0.1) is 5.92 Å². The van der Waals surface area contributed by atoms with Gasteiger partial charge in [0.2, 0.25) is 5.91 Å². The number of carbonyl (C=O) groups excluding carboxylic acids is 1. The largest absolute Gasteiger partial charge is 0.461 e. The normalized spacial score (nSPS) is 23.5. The Morgan fingerprint density at radius 3 is 2.54 bits per heavy atom. The minimum atomic E-state index is 0.0714. The molecule has 26 heavy (non-hydrogen) atoms. The highest BCUT2D eigenvalue weighted by Crippen LogP contribution is 2.47. The van der Waals surface area contributed by atoms with Gasteiger partial charge in [-0.25, -0.2) is 0 Å². The Balaban J connectivity index is 1.26. The third-order valence-corrected chi connectivity index (χ3v) is 5.45. The lowest BCUT2D eigenvalue weighted by atomic mass is 10.2. The molecule has 1 amide bonds. The first-order valence-electron chi connectivity index (χ1n) is 9.52. The number of carbonyl (C=O) groups is 1. The quantitative estimate of drug-likeness (QED) is 0.771. The van der Waals surface area contributed by atoms with Crippen LogP contribution in [-0.4, -0.2) is 41.9 Å². The third kappa shape index (κ3) is 4.07. The number of nitrogens with zero attached hydrogens (tertiary/aromatic N) is 2. The Morgan fingerprint density at radius 2 is 1.85 bits per heavy atom. The van der Waals surface area contributed by atoms with E-state index < -0.39 is 0 Å². The highest BCUT2D eigenvalue weighted by molar-refractivity contribution is 5.91. The molecule has 1 saturated carbocycles. The van der Waals surface area contributed by atoms with Crippen molar-refractivity contribution in [2.75, 3.05) is 26.2 Å². The summed E-state index contributed by atoms with van der Waals surface area (Å²) in [5, 5.41) is 0. The molecule has 4 rings (SSSR count). The number of benzene rings is 1. The Kier molecular flexibility index (Phi) is 4.93. The molecule has 1 aliphatic heterocycles. The average Bonchev–Trinajstić information content (AvgIpc) is 3.21. The molecule has 2 heterocycles. The van der Waals surface area contributed by atoms with Crippen LogP contribution in [0.25, 0.3) is 6.08 Å². The standard InChI is InChI=1S/C22H26N2O2/c1-17-15-20(17)21-9-7-19(26-21)8-10-22(25)24-13-11-23(12-14-24)16-18-5-3-2-4-6-18/h2-10,17,20H,11-16H2,1H3/b10-8+. The maximum Gasteiger partial charge on any atom is 0.246 e. The van der Waals surface area contributed by atoms with Crippen molar-refractivity contribution < 1.29 is 9.21 Å². The van der Waals surface area contributed by atoms with Crippen LogP contribution in [0.5, 0.6) is 0 Å². The number of rotatable bonds is 5. The molecule has 2 aromatic rings. The summed E-state index contributed by atoms with van der Waals surface area (Å²) in [7, 11) is 0. The zero-order chi connectivity index (χ0) is 17.9. The summed E-state index contributed by atoms with van der Waals surface area (Å²) in [5.74, 6) is 3.20. The van der Waals surface area contributed by atoms with Crippen molar-refractivity contribution in [3.8, 4) is 0 Å². The molecule has 2 unspecified atom stereocenters. The van der Waals surface area contributed by atoms with E-state index >= 15 is 0 Å². The van der Waals surface area contributed by atoms with Gasteiger partial charge in [-0.1, -0.05) is 37.3 Å². The molecule has 2 fully saturated rings. The fourth-order valence-electron chi connectivity index (χ4n) is 3.60. The van der Waals surface area contributed by atoms with Crippen LogP contribution in [0.2, 0.25) is 0 Å². The number of amides is 1. The Bertz CT molecular complexity index is 772. The SMILES string of the molecule is CC1CC1c1ccc(/C=C/C(=O)N2CCN(Cc3ccccc3)CC2)o1. The maximum atomic E-state index is 12.4. The van der Waals surface area contributed by atoms with Gasteiger partial charge in [0.05, 0.1) is 0 Å². The van der Waals surface area contributed by atoms with E-state index in [0.717, 1.165) is 50.2 Å². The predicted molar refractivity (Wildman–Crippen MR) is 103 cm³/mol. The zero-order valence-electron chi connectivity index (χ0n) is 15.3. The molecule has 136 valence electrons. The minimum absolute atomic E-state index is 0.0714. The lowest BCUT2D eigenvalue weighted by Crippen LogP contribution is -2.47. The van der Waals surface area contributed by atoms with Crippen LogP contribution in [0.15, 0.2) is 53.0 Å². The second kappa shape index (κ2) is 7.50. The lowest BCUT2D eigenvalue weighted by molar-refractivity contribution is -0.127. The minimum Gasteiger partial charge on any atom is -0.461 e. The van der Waals surface area contributed by atoms with Gasteiger partial charge in [-0.2, -0.15) is 0 Å². The molecule has 1 aromatic carbocycles. The molecule has 4 heteroatoms.